The number of rotatable bonds is 5. The molecule has 2 heterocycles. The minimum Gasteiger partial charge on any atom is -0.466 e. The van der Waals surface area contributed by atoms with E-state index in [1.54, 1.807) is 23.6 Å². The first-order valence-corrected chi connectivity index (χ1v) is 8.22. The van der Waals surface area contributed by atoms with Crippen LogP contribution in [0.25, 0.3) is 12.2 Å². The average Bonchev–Trinajstić information content (AvgIpc) is 3.12. The Hall–Kier alpha value is -1.99. The van der Waals surface area contributed by atoms with Crippen molar-refractivity contribution in [2.24, 2.45) is 0 Å². The minimum absolute atomic E-state index is 0.110. The van der Waals surface area contributed by atoms with E-state index >= 15 is 0 Å². The maximum atomic E-state index is 11.3. The number of amides is 1. The van der Waals surface area contributed by atoms with E-state index in [0.717, 1.165) is 10.4 Å². The molecule has 2 N–H and O–H groups in total. The van der Waals surface area contributed by atoms with Gasteiger partial charge in [0.2, 0.25) is 5.91 Å². The Morgan fingerprint density at radius 3 is 2.86 bits per heavy atom. The van der Waals surface area contributed by atoms with Crippen molar-refractivity contribution in [3.63, 3.8) is 0 Å². The van der Waals surface area contributed by atoms with Crippen molar-refractivity contribution in [1.29, 1.82) is 0 Å². The van der Waals surface area contributed by atoms with Gasteiger partial charge in [0.05, 0.1) is 7.11 Å². The molecule has 1 aliphatic rings. The van der Waals surface area contributed by atoms with Crippen molar-refractivity contribution in [2.45, 2.75) is 11.9 Å². The second-order valence-electron chi connectivity index (χ2n) is 4.45. The predicted molar refractivity (Wildman–Crippen MR) is 90.8 cm³/mol. The number of hydrogen-bond donors (Lipinski definition) is 2. The molecule has 0 aliphatic carbocycles. The molecule has 0 aromatic carbocycles. The SMILES string of the molecule is COC(=O)/C=C/c1csc(C=CC2(NC(C)=O)NC=CS2)c1. The summed E-state index contributed by atoms with van der Waals surface area (Å²) in [4.78, 5) is 22.8. The number of carbonyl (C=O) groups excluding carboxylic acids is 2. The van der Waals surface area contributed by atoms with Crippen LogP contribution in [0.1, 0.15) is 17.4 Å². The van der Waals surface area contributed by atoms with E-state index in [1.807, 2.05) is 29.0 Å². The van der Waals surface area contributed by atoms with Crippen LogP contribution in [0, 0.1) is 0 Å². The van der Waals surface area contributed by atoms with Crippen LogP contribution in [-0.2, 0) is 14.3 Å². The molecule has 2 rings (SSSR count). The highest BCUT2D eigenvalue weighted by atomic mass is 32.2. The second-order valence-corrected chi connectivity index (χ2v) is 6.55. The first kappa shape index (κ1) is 16.4. The lowest BCUT2D eigenvalue weighted by atomic mass is 10.2. The number of hydrogen-bond acceptors (Lipinski definition) is 6. The summed E-state index contributed by atoms with van der Waals surface area (Å²) < 4.78 is 4.55. The molecule has 5 nitrogen and oxygen atoms in total. The van der Waals surface area contributed by atoms with Gasteiger partial charge in [-0.1, -0.05) is 11.8 Å². The van der Waals surface area contributed by atoms with E-state index in [9.17, 15) is 9.59 Å². The fraction of sp³-hybridized carbons (Fsp3) is 0.200. The molecule has 7 heteroatoms. The van der Waals surface area contributed by atoms with Crippen molar-refractivity contribution in [1.82, 2.24) is 10.6 Å². The monoisotopic (exact) mass is 336 g/mol. The molecule has 0 spiro atoms. The van der Waals surface area contributed by atoms with E-state index in [-0.39, 0.29) is 11.9 Å². The van der Waals surface area contributed by atoms with E-state index < -0.39 is 4.99 Å². The van der Waals surface area contributed by atoms with E-state index in [2.05, 4.69) is 15.4 Å². The molecule has 0 fully saturated rings. The Bertz CT molecular complexity index is 639. The Labute approximate surface area is 137 Å². The van der Waals surface area contributed by atoms with Crippen LogP contribution in [0.2, 0.25) is 0 Å². The first-order chi connectivity index (χ1) is 10.5. The van der Waals surface area contributed by atoms with Gasteiger partial charge in [0.15, 0.2) is 4.99 Å². The molecule has 116 valence electrons. The average molecular weight is 336 g/mol. The van der Waals surface area contributed by atoms with Crippen LogP contribution in [-0.4, -0.2) is 24.0 Å². The topological polar surface area (TPSA) is 67.4 Å². The number of esters is 1. The van der Waals surface area contributed by atoms with Gasteiger partial charge in [-0.3, -0.25) is 4.79 Å². The largest absolute Gasteiger partial charge is 0.466 e. The van der Waals surface area contributed by atoms with Gasteiger partial charge in [-0.15, -0.1) is 11.3 Å². The zero-order valence-electron chi connectivity index (χ0n) is 12.2. The lowest BCUT2D eigenvalue weighted by molar-refractivity contribution is -0.134. The summed E-state index contributed by atoms with van der Waals surface area (Å²) in [5.74, 6) is -0.494. The molecule has 1 aromatic heterocycles. The van der Waals surface area contributed by atoms with Crippen molar-refractivity contribution < 1.29 is 14.3 Å². The lowest BCUT2D eigenvalue weighted by Crippen LogP contribution is -2.50. The Kier molecular flexibility index (Phi) is 5.46. The number of methoxy groups -OCH3 is 1. The van der Waals surface area contributed by atoms with Crippen molar-refractivity contribution in [3.8, 4) is 0 Å². The third-order valence-electron chi connectivity index (χ3n) is 2.72. The van der Waals surface area contributed by atoms with Crippen LogP contribution >= 0.6 is 23.1 Å². The summed E-state index contributed by atoms with van der Waals surface area (Å²) in [5, 5.41) is 9.82. The molecule has 0 bridgehead atoms. The molecule has 0 radical (unpaired) electrons. The second kappa shape index (κ2) is 7.33. The zero-order valence-corrected chi connectivity index (χ0v) is 13.8. The van der Waals surface area contributed by atoms with Gasteiger partial charge in [0.1, 0.15) is 0 Å². The maximum Gasteiger partial charge on any atom is 0.330 e. The Morgan fingerprint density at radius 1 is 1.41 bits per heavy atom. The van der Waals surface area contributed by atoms with Crippen LogP contribution < -0.4 is 10.6 Å². The van der Waals surface area contributed by atoms with E-state index in [1.165, 1.54) is 31.9 Å². The van der Waals surface area contributed by atoms with Gasteiger partial charge in [0, 0.05) is 24.1 Å². The number of carbonyl (C=O) groups is 2. The quantitative estimate of drug-likeness (QED) is 0.639. The highest BCUT2D eigenvalue weighted by Gasteiger charge is 2.29. The van der Waals surface area contributed by atoms with Gasteiger partial charge in [-0.05, 0) is 40.6 Å². The Balaban J connectivity index is 2.06. The van der Waals surface area contributed by atoms with E-state index in [0.29, 0.717) is 0 Å². The molecule has 22 heavy (non-hydrogen) atoms. The molecule has 0 saturated heterocycles. The molecule has 0 saturated carbocycles. The summed E-state index contributed by atoms with van der Waals surface area (Å²) in [5.41, 5.74) is 0.925. The summed E-state index contributed by atoms with van der Waals surface area (Å²) >= 11 is 3.03. The van der Waals surface area contributed by atoms with Gasteiger partial charge >= 0.3 is 5.97 Å². The van der Waals surface area contributed by atoms with Crippen LogP contribution in [0.3, 0.4) is 0 Å². The van der Waals surface area contributed by atoms with Gasteiger partial charge in [-0.2, -0.15) is 0 Å². The Morgan fingerprint density at radius 2 is 2.23 bits per heavy atom. The van der Waals surface area contributed by atoms with E-state index in [4.69, 9.17) is 0 Å². The third kappa shape index (κ3) is 4.51. The fourth-order valence-electron chi connectivity index (χ4n) is 1.76. The molecule has 1 unspecified atom stereocenters. The highest BCUT2D eigenvalue weighted by Crippen LogP contribution is 2.29. The summed E-state index contributed by atoms with van der Waals surface area (Å²) in [6.45, 7) is 1.48. The molecule has 1 atom stereocenters. The van der Waals surface area contributed by atoms with Crippen LogP contribution in [0.5, 0.6) is 0 Å². The number of thioether (sulfide) groups is 1. The highest BCUT2D eigenvalue weighted by molar-refractivity contribution is 8.03. The summed E-state index contributed by atoms with van der Waals surface area (Å²) in [6, 6.07) is 1.95. The lowest BCUT2D eigenvalue weighted by Gasteiger charge is -2.25. The number of ether oxygens (including phenoxy) is 1. The normalized spacial score (nSPS) is 20.5. The third-order valence-corrected chi connectivity index (χ3v) is 4.63. The smallest absolute Gasteiger partial charge is 0.330 e. The molecule has 1 amide bonds. The standard InChI is InChI=1S/C15H16N2O3S2/c1-11(18)17-15(16-7-8-22-15)6-5-13-9-12(10-21-13)3-4-14(19)20-2/h3-10,16H,1-2H3,(H,17,18)/b4-3+,6-5?. The van der Waals surface area contributed by atoms with Crippen LogP contribution in [0.4, 0.5) is 0 Å². The van der Waals surface area contributed by atoms with Crippen molar-refractivity contribution >= 4 is 47.1 Å². The van der Waals surface area contributed by atoms with Gasteiger partial charge in [-0.25, -0.2) is 4.79 Å². The summed E-state index contributed by atoms with van der Waals surface area (Å²) in [6.07, 6.45) is 8.71. The number of nitrogens with one attached hydrogen (secondary N) is 2. The van der Waals surface area contributed by atoms with Crippen molar-refractivity contribution in [2.75, 3.05) is 7.11 Å². The van der Waals surface area contributed by atoms with Crippen molar-refractivity contribution in [3.05, 3.63) is 45.6 Å². The molecule has 1 aromatic rings. The molecule has 1 aliphatic heterocycles. The molecular weight excluding hydrogens is 320 g/mol. The zero-order chi connectivity index (χ0) is 16.0. The summed E-state index contributed by atoms with van der Waals surface area (Å²) in [7, 11) is 1.34. The van der Waals surface area contributed by atoms with Crippen LogP contribution in [0.15, 0.2) is 35.2 Å². The van der Waals surface area contributed by atoms with Gasteiger partial charge in [0.25, 0.3) is 0 Å². The van der Waals surface area contributed by atoms with Gasteiger partial charge < -0.3 is 15.4 Å². The number of thiophene rings is 1. The maximum absolute atomic E-state index is 11.3. The fourth-order valence-corrected chi connectivity index (χ4v) is 3.37. The minimum atomic E-state index is -0.641. The molecular formula is C15H16N2O3S2. The first-order valence-electron chi connectivity index (χ1n) is 6.46. The predicted octanol–water partition coefficient (Wildman–Crippen LogP) is 2.55.